The van der Waals surface area contributed by atoms with E-state index in [0.29, 0.717) is 12.1 Å². The third kappa shape index (κ3) is 6.68. The van der Waals surface area contributed by atoms with Crippen LogP contribution in [-0.2, 0) is 25.6 Å². The van der Waals surface area contributed by atoms with E-state index >= 15 is 0 Å². The normalized spacial score (nSPS) is 13.7. The Bertz CT molecular complexity index is 1040. The second kappa shape index (κ2) is 10.6. The Balaban J connectivity index is 0.00000298. The van der Waals surface area contributed by atoms with E-state index in [-0.39, 0.29) is 10.5 Å². The van der Waals surface area contributed by atoms with Gasteiger partial charge in [-0.1, -0.05) is 77.1 Å². The highest BCUT2D eigenvalue weighted by Gasteiger charge is 2.74. The average Bonchev–Trinajstić information content (AvgIpc) is 2.72. The lowest BCUT2D eigenvalue weighted by Gasteiger charge is -2.46. The Morgan fingerprint density at radius 2 is 1.20 bits per heavy atom. The molecular formula is C24H32F6O3SSi. The molecule has 198 valence electrons. The first-order valence-electron chi connectivity index (χ1n) is 11.0. The van der Waals surface area contributed by atoms with Crippen LogP contribution in [0.25, 0.3) is 0 Å². The van der Waals surface area contributed by atoms with Crippen molar-refractivity contribution in [2.75, 3.05) is 0 Å². The molecule has 35 heavy (non-hydrogen) atoms. The summed E-state index contributed by atoms with van der Waals surface area (Å²) in [4.78, 5) is -0.00438. The first kappa shape index (κ1) is 31.2. The average molecular weight is 543 g/mol. The molecule has 0 N–H and O–H groups in total. The summed E-state index contributed by atoms with van der Waals surface area (Å²) < 4.78 is 115. The lowest BCUT2D eigenvalue weighted by Crippen LogP contribution is -2.62. The molecule has 0 radical (unpaired) electrons. The predicted molar refractivity (Wildman–Crippen MR) is 127 cm³/mol. The molecule has 0 aromatic heterocycles. The van der Waals surface area contributed by atoms with Gasteiger partial charge in [0.2, 0.25) is 0 Å². The van der Waals surface area contributed by atoms with Crippen LogP contribution in [0.3, 0.4) is 0 Å². The fourth-order valence-corrected chi connectivity index (χ4v) is 5.76. The van der Waals surface area contributed by atoms with Gasteiger partial charge in [0, 0.05) is 5.56 Å². The number of halogens is 6. The SMILES string of the molecule is CC.CC(C)(C)[Si](C)(C)OC(c1ccc(CS(=O)(=O)c2ccccc2)cc1)(C(F)(F)F)C(F)(F)F. The maximum absolute atomic E-state index is 14.1. The van der Waals surface area contributed by atoms with Crippen LogP contribution in [-0.4, -0.2) is 29.1 Å². The third-order valence-electron chi connectivity index (χ3n) is 5.83. The van der Waals surface area contributed by atoms with E-state index in [0.717, 1.165) is 12.1 Å². The summed E-state index contributed by atoms with van der Waals surface area (Å²) in [7, 11) is -7.41. The van der Waals surface area contributed by atoms with Gasteiger partial charge in [-0.25, -0.2) is 8.42 Å². The minimum absolute atomic E-state index is 0.00438. The highest BCUT2D eigenvalue weighted by Crippen LogP contribution is 2.56. The lowest BCUT2D eigenvalue weighted by atomic mass is 9.91. The van der Waals surface area contributed by atoms with E-state index in [1.54, 1.807) is 6.07 Å². The van der Waals surface area contributed by atoms with E-state index < -0.39 is 52.5 Å². The van der Waals surface area contributed by atoms with Crippen molar-refractivity contribution < 1.29 is 39.2 Å². The maximum atomic E-state index is 14.1. The zero-order valence-electron chi connectivity index (χ0n) is 20.8. The molecule has 0 atom stereocenters. The Morgan fingerprint density at radius 3 is 1.57 bits per heavy atom. The van der Waals surface area contributed by atoms with E-state index in [1.165, 1.54) is 58.1 Å². The quantitative estimate of drug-likeness (QED) is 0.274. The van der Waals surface area contributed by atoms with Gasteiger partial charge in [-0.2, -0.15) is 26.3 Å². The molecule has 0 bridgehead atoms. The lowest BCUT2D eigenvalue weighted by molar-refractivity contribution is -0.369. The molecule has 0 aliphatic rings. The van der Waals surface area contributed by atoms with Crippen LogP contribution < -0.4 is 0 Å². The van der Waals surface area contributed by atoms with Crippen molar-refractivity contribution in [3.05, 3.63) is 65.7 Å². The Labute approximate surface area is 204 Å². The van der Waals surface area contributed by atoms with Crippen LogP contribution in [0.1, 0.15) is 45.7 Å². The summed E-state index contributed by atoms with van der Waals surface area (Å²) in [6.07, 6.45) is -11.6. The van der Waals surface area contributed by atoms with E-state index in [4.69, 9.17) is 4.43 Å². The van der Waals surface area contributed by atoms with Crippen LogP contribution in [0.2, 0.25) is 18.1 Å². The topological polar surface area (TPSA) is 43.4 Å². The molecule has 0 saturated carbocycles. The second-order valence-electron chi connectivity index (χ2n) is 9.31. The van der Waals surface area contributed by atoms with Gasteiger partial charge in [-0.15, -0.1) is 0 Å². The van der Waals surface area contributed by atoms with E-state index in [9.17, 15) is 34.8 Å². The summed E-state index contributed by atoms with van der Waals surface area (Å²) in [6.45, 7) is 11.2. The molecule has 0 saturated heterocycles. The van der Waals surface area contributed by atoms with Crippen molar-refractivity contribution in [1.29, 1.82) is 0 Å². The number of hydrogen-bond acceptors (Lipinski definition) is 3. The van der Waals surface area contributed by atoms with Gasteiger partial charge in [-0.3, -0.25) is 0 Å². The smallest absolute Gasteiger partial charge is 0.393 e. The van der Waals surface area contributed by atoms with Crippen molar-refractivity contribution >= 4 is 18.2 Å². The fourth-order valence-electron chi connectivity index (χ4n) is 2.96. The molecule has 0 aliphatic carbocycles. The van der Waals surface area contributed by atoms with Crippen molar-refractivity contribution in [1.82, 2.24) is 0 Å². The van der Waals surface area contributed by atoms with Gasteiger partial charge in [0.15, 0.2) is 18.2 Å². The van der Waals surface area contributed by atoms with Gasteiger partial charge < -0.3 is 4.43 Å². The molecule has 3 nitrogen and oxygen atoms in total. The van der Waals surface area contributed by atoms with Crippen LogP contribution >= 0.6 is 0 Å². The summed E-state index contributed by atoms with van der Waals surface area (Å²) in [6, 6.07) is 10.5. The van der Waals surface area contributed by atoms with Crippen LogP contribution in [0, 0.1) is 0 Å². The van der Waals surface area contributed by atoms with Crippen molar-refractivity contribution in [2.24, 2.45) is 0 Å². The predicted octanol–water partition coefficient (Wildman–Crippen LogP) is 8.03. The molecule has 2 aromatic carbocycles. The maximum Gasteiger partial charge on any atom is 0.429 e. The highest BCUT2D eigenvalue weighted by atomic mass is 32.2. The van der Waals surface area contributed by atoms with Crippen molar-refractivity contribution in [2.45, 2.75) is 81.4 Å². The van der Waals surface area contributed by atoms with Gasteiger partial charge in [0.05, 0.1) is 10.6 Å². The fraction of sp³-hybridized carbons (Fsp3) is 0.500. The van der Waals surface area contributed by atoms with Crippen molar-refractivity contribution in [3.63, 3.8) is 0 Å². The van der Waals surface area contributed by atoms with E-state index in [1.807, 2.05) is 13.8 Å². The number of rotatable bonds is 6. The van der Waals surface area contributed by atoms with Gasteiger partial charge in [0.25, 0.3) is 5.60 Å². The first-order chi connectivity index (χ1) is 15.7. The minimum Gasteiger partial charge on any atom is -0.393 e. The number of alkyl halides is 6. The number of hydrogen-bond donors (Lipinski definition) is 0. The molecule has 0 amide bonds. The first-order valence-corrected chi connectivity index (χ1v) is 15.5. The molecular weight excluding hydrogens is 510 g/mol. The summed E-state index contributed by atoms with van der Waals surface area (Å²) in [5, 5.41) is -0.932. The summed E-state index contributed by atoms with van der Waals surface area (Å²) >= 11 is 0. The zero-order valence-corrected chi connectivity index (χ0v) is 22.6. The van der Waals surface area contributed by atoms with Gasteiger partial charge in [-0.05, 0) is 35.8 Å². The van der Waals surface area contributed by atoms with E-state index in [2.05, 4.69) is 0 Å². The van der Waals surface area contributed by atoms with Crippen LogP contribution in [0.5, 0.6) is 0 Å². The molecule has 0 aliphatic heterocycles. The Kier molecular flexibility index (Phi) is 9.48. The highest BCUT2D eigenvalue weighted by molar-refractivity contribution is 7.90. The number of benzene rings is 2. The van der Waals surface area contributed by atoms with Crippen LogP contribution in [0.15, 0.2) is 59.5 Å². The van der Waals surface area contributed by atoms with Gasteiger partial charge in [0.1, 0.15) is 0 Å². The minimum atomic E-state index is -5.81. The van der Waals surface area contributed by atoms with Crippen LogP contribution in [0.4, 0.5) is 26.3 Å². The molecule has 0 unspecified atom stereocenters. The summed E-state index contributed by atoms with van der Waals surface area (Å²) in [5.41, 5.74) is -5.64. The molecule has 0 heterocycles. The number of sulfone groups is 1. The molecule has 0 spiro atoms. The third-order valence-corrected chi connectivity index (χ3v) is 12.0. The Hall–Kier alpha value is -1.85. The second-order valence-corrected chi connectivity index (χ2v) is 16.0. The Morgan fingerprint density at radius 1 is 0.771 bits per heavy atom. The largest absolute Gasteiger partial charge is 0.429 e. The van der Waals surface area contributed by atoms with Gasteiger partial charge >= 0.3 is 12.4 Å². The molecule has 2 aromatic rings. The standard InChI is InChI=1S/C22H26F6O3SSi.C2H6/c1-19(2,3)33(4,5)31-20(21(23,24)25,22(26,27)28)17-13-11-16(12-14-17)15-32(29,30)18-9-7-6-8-10-18;1-2/h6-14H,15H2,1-5H3;1-2H3. The summed E-state index contributed by atoms with van der Waals surface area (Å²) in [5.74, 6) is -0.578. The molecule has 2 rings (SSSR count). The van der Waals surface area contributed by atoms with Crippen molar-refractivity contribution in [3.8, 4) is 0 Å². The zero-order chi connectivity index (χ0) is 27.5. The monoisotopic (exact) mass is 542 g/mol. The molecule has 0 fully saturated rings. The molecule has 11 heteroatoms.